The van der Waals surface area contributed by atoms with Crippen molar-refractivity contribution in [2.45, 2.75) is 64.6 Å². The molecule has 0 saturated carbocycles. The van der Waals surface area contributed by atoms with Crippen molar-refractivity contribution < 1.29 is 9.18 Å². The van der Waals surface area contributed by atoms with Crippen LogP contribution in [0, 0.1) is 0 Å². The monoisotopic (exact) mass is 358 g/mol. The molecule has 0 spiro atoms. The van der Waals surface area contributed by atoms with Gasteiger partial charge in [-0.3, -0.25) is 4.79 Å². The van der Waals surface area contributed by atoms with E-state index in [0.717, 1.165) is 24.2 Å². The molecule has 3 rings (SSSR count). The van der Waals surface area contributed by atoms with Crippen molar-refractivity contribution in [2.24, 2.45) is 0 Å². The Labute approximate surface area is 154 Å². The fraction of sp³-hybridized carbons (Fsp3) is 0.550. The van der Waals surface area contributed by atoms with Gasteiger partial charge in [0.15, 0.2) is 6.17 Å². The van der Waals surface area contributed by atoms with E-state index in [1.807, 2.05) is 18.3 Å². The average molecular weight is 358 g/mol. The summed E-state index contributed by atoms with van der Waals surface area (Å²) in [5.74, 6) is 0.107. The van der Waals surface area contributed by atoms with Crippen LogP contribution in [0.3, 0.4) is 0 Å². The lowest BCUT2D eigenvalue weighted by molar-refractivity contribution is -0.137. The number of carbonyl (C=O) groups is 1. The van der Waals surface area contributed by atoms with Crippen molar-refractivity contribution in [3.63, 3.8) is 0 Å². The van der Waals surface area contributed by atoms with Crippen molar-refractivity contribution >= 4 is 5.91 Å². The Morgan fingerprint density at radius 2 is 2.04 bits per heavy atom. The average Bonchev–Trinajstić information content (AvgIpc) is 3.30. The number of hydrogen-bond acceptors (Lipinski definition) is 3. The van der Waals surface area contributed by atoms with E-state index in [1.165, 1.54) is 5.56 Å². The molecule has 2 unspecified atom stereocenters. The van der Waals surface area contributed by atoms with Crippen LogP contribution in [0.25, 0.3) is 5.69 Å². The summed E-state index contributed by atoms with van der Waals surface area (Å²) >= 11 is 0. The molecule has 2 heterocycles. The van der Waals surface area contributed by atoms with E-state index in [1.54, 1.807) is 16.5 Å². The zero-order valence-electron chi connectivity index (χ0n) is 15.7. The standard InChI is InChI=1S/C20H27FN4O/c1-4-19(21)20(26)24-11-5-6-18(24)12-16-13-25(23-22-16)17-9-7-15(8-10-17)14(2)3/h7-10,13-14,18-19H,4-6,11-12H2,1-3H3. The van der Waals surface area contributed by atoms with Gasteiger partial charge in [-0.25, -0.2) is 9.07 Å². The summed E-state index contributed by atoms with van der Waals surface area (Å²) in [6.07, 6.45) is 3.15. The summed E-state index contributed by atoms with van der Waals surface area (Å²) in [6.45, 7) is 6.66. The topological polar surface area (TPSA) is 51.0 Å². The molecule has 0 aliphatic carbocycles. The number of benzene rings is 1. The first-order valence-corrected chi connectivity index (χ1v) is 9.45. The highest BCUT2D eigenvalue weighted by molar-refractivity contribution is 5.81. The largest absolute Gasteiger partial charge is 0.337 e. The van der Waals surface area contributed by atoms with Crippen LogP contribution in [0.1, 0.15) is 57.2 Å². The van der Waals surface area contributed by atoms with E-state index in [0.29, 0.717) is 18.9 Å². The molecule has 1 aromatic carbocycles. The highest BCUT2D eigenvalue weighted by Gasteiger charge is 2.33. The minimum absolute atomic E-state index is 0.0146. The Morgan fingerprint density at radius 3 is 2.69 bits per heavy atom. The SMILES string of the molecule is CCC(F)C(=O)N1CCCC1Cc1cn(-c2ccc(C(C)C)cc2)nn1. The number of hydrogen-bond donors (Lipinski definition) is 0. The second-order valence-corrected chi connectivity index (χ2v) is 7.31. The predicted octanol–water partition coefficient (Wildman–Crippen LogP) is 3.67. The molecular formula is C20H27FN4O. The number of alkyl halides is 1. The zero-order chi connectivity index (χ0) is 18.7. The zero-order valence-corrected chi connectivity index (χ0v) is 15.7. The normalized spacial score (nSPS) is 18.5. The third kappa shape index (κ3) is 3.94. The van der Waals surface area contributed by atoms with Gasteiger partial charge >= 0.3 is 0 Å². The van der Waals surface area contributed by atoms with Crippen LogP contribution in [-0.2, 0) is 11.2 Å². The molecule has 0 N–H and O–H groups in total. The van der Waals surface area contributed by atoms with E-state index in [-0.39, 0.29) is 18.4 Å². The van der Waals surface area contributed by atoms with Crippen molar-refractivity contribution in [3.05, 3.63) is 41.7 Å². The lowest BCUT2D eigenvalue weighted by Crippen LogP contribution is -2.41. The molecule has 1 aliphatic rings. The number of likely N-dealkylation sites (tertiary alicyclic amines) is 1. The van der Waals surface area contributed by atoms with E-state index >= 15 is 0 Å². The first kappa shape index (κ1) is 18.5. The summed E-state index contributed by atoms with van der Waals surface area (Å²) < 4.78 is 15.5. The minimum Gasteiger partial charge on any atom is -0.337 e. The van der Waals surface area contributed by atoms with Gasteiger partial charge in [0.1, 0.15) is 0 Å². The van der Waals surface area contributed by atoms with E-state index in [9.17, 15) is 9.18 Å². The van der Waals surface area contributed by atoms with Crippen LogP contribution >= 0.6 is 0 Å². The summed E-state index contributed by atoms with van der Waals surface area (Å²) in [5.41, 5.74) is 3.07. The maximum atomic E-state index is 13.8. The van der Waals surface area contributed by atoms with Crippen LogP contribution in [0.2, 0.25) is 0 Å². The number of aromatic nitrogens is 3. The fourth-order valence-corrected chi connectivity index (χ4v) is 3.46. The first-order valence-electron chi connectivity index (χ1n) is 9.45. The summed E-state index contributed by atoms with van der Waals surface area (Å²) in [4.78, 5) is 13.9. The van der Waals surface area contributed by atoms with Gasteiger partial charge in [0.25, 0.3) is 5.91 Å². The smallest absolute Gasteiger partial charge is 0.257 e. The van der Waals surface area contributed by atoms with Crippen LogP contribution in [-0.4, -0.2) is 44.6 Å². The van der Waals surface area contributed by atoms with Crippen LogP contribution in [0.4, 0.5) is 4.39 Å². The Bertz CT molecular complexity index is 741. The highest BCUT2D eigenvalue weighted by Crippen LogP contribution is 2.23. The second kappa shape index (κ2) is 7.98. The molecule has 5 nitrogen and oxygen atoms in total. The molecule has 140 valence electrons. The van der Waals surface area contributed by atoms with Crippen LogP contribution < -0.4 is 0 Å². The Hall–Kier alpha value is -2.24. The molecule has 1 saturated heterocycles. The molecule has 2 atom stereocenters. The van der Waals surface area contributed by atoms with Crippen LogP contribution in [0.5, 0.6) is 0 Å². The number of halogens is 1. The van der Waals surface area contributed by atoms with Crippen molar-refractivity contribution in [1.82, 2.24) is 19.9 Å². The van der Waals surface area contributed by atoms with Gasteiger partial charge < -0.3 is 4.90 Å². The van der Waals surface area contributed by atoms with Gasteiger partial charge in [0, 0.05) is 19.0 Å². The highest BCUT2D eigenvalue weighted by atomic mass is 19.1. The van der Waals surface area contributed by atoms with Crippen molar-refractivity contribution in [1.29, 1.82) is 0 Å². The first-order chi connectivity index (χ1) is 12.5. The Morgan fingerprint density at radius 1 is 1.31 bits per heavy atom. The van der Waals surface area contributed by atoms with Crippen molar-refractivity contribution in [3.8, 4) is 5.69 Å². The molecule has 0 radical (unpaired) electrons. The third-order valence-corrected chi connectivity index (χ3v) is 5.10. The second-order valence-electron chi connectivity index (χ2n) is 7.31. The van der Waals surface area contributed by atoms with Crippen LogP contribution in [0.15, 0.2) is 30.5 Å². The fourth-order valence-electron chi connectivity index (χ4n) is 3.46. The summed E-state index contributed by atoms with van der Waals surface area (Å²) in [7, 11) is 0. The van der Waals surface area contributed by atoms with Gasteiger partial charge in [-0.2, -0.15) is 0 Å². The number of amides is 1. The van der Waals surface area contributed by atoms with E-state index < -0.39 is 6.17 Å². The molecular weight excluding hydrogens is 331 g/mol. The lowest BCUT2D eigenvalue weighted by Gasteiger charge is -2.25. The quantitative estimate of drug-likeness (QED) is 0.792. The minimum atomic E-state index is -1.40. The summed E-state index contributed by atoms with van der Waals surface area (Å²) in [5, 5.41) is 8.47. The molecule has 1 fully saturated rings. The number of rotatable bonds is 6. The molecule has 0 bridgehead atoms. The number of nitrogens with zero attached hydrogens (tertiary/aromatic N) is 4. The molecule has 1 aliphatic heterocycles. The van der Waals surface area contributed by atoms with Crippen molar-refractivity contribution in [2.75, 3.05) is 6.54 Å². The molecule has 1 aromatic heterocycles. The van der Waals surface area contributed by atoms with Gasteiger partial charge in [0.2, 0.25) is 0 Å². The Kier molecular flexibility index (Phi) is 5.69. The van der Waals surface area contributed by atoms with Gasteiger partial charge in [0.05, 0.1) is 17.6 Å². The molecule has 6 heteroatoms. The molecule has 26 heavy (non-hydrogen) atoms. The van der Waals surface area contributed by atoms with E-state index in [4.69, 9.17) is 0 Å². The van der Waals surface area contributed by atoms with E-state index in [2.05, 4.69) is 36.3 Å². The van der Waals surface area contributed by atoms with Gasteiger partial charge in [-0.15, -0.1) is 5.10 Å². The lowest BCUT2D eigenvalue weighted by atomic mass is 10.0. The maximum absolute atomic E-state index is 13.8. The number of carbonyl (C=O) groups excluding carboxylic acids is 1. The third-order valence-electron chi connectivity index (χ3n) is 5.10. The summed E-state index contributed by atoms with van der Waals surface area (Å²) in [6, 6.07) is 8.29. The predicted molar refractivity (Wildman–Crippen MR) is 99.1 cm³/mol. The van der Waals surface area contributed by atoms with Gasteiger partial charge in [-0.1, -0.05) is 38.1 Å². The molecule has 1 amide bonds. The van der Waals surface area contributed by atoms with Gasteiger partial charge in [-0.05, 0) is 42.9 Å². The Balaban J connectivity index is 1.69. The molecule has 2 aromatic rings. The maximum Gasteiger partial charge on any atom is 0.257 e.